The van der Waals surface area contributed by atoms with Crippen LogP contribution in [0.2, 0.25) is 0 Å². The lowest BCUT2D eigenvalue weighted by atomic mass is 9.67. The highest BCUT2D eigenvalue weighted by molar-refractivity contribution is 7.98. The summed E-state index contributed by atoms with van der Waals surface area (Å²) in [5.74, 6) is 2.38. The van der Waals surface area contributed by atoms with Crippen LogP contribution >= 0.6 is 11.8 Å². The van der Waals surface area contributed by atoms with Crippen LogP contribution in [0, 0.1) is 11.3 Å². The molecule has 0 saturated heterocycles. The van der Waals surface area contributed by atoms with Crippen LogP contribution in [0.25, 0.3) is 0 Å². The first-order valence-electron chi connectivity index (χ1n) is 7.90. The Balaban J connectivity index is 2.35. The number of nitrogens with one attached hydrogen (secondary N) is 1. The maximum Gasteiger partial charge on any atom is 0.000481 e. The summed E-state index contributed by atoms with van der Waals surface area (Å²) in [7, 11) is 2.12. The van der Waals surface area contributed by atoms with Gasteiger partial charge in [-0.25, -0.2) is 0 Å². The van der Waals surface area contributed by atoms with Gasteiger partial charge in [0.2, 0.25) is 0 Å². The second kappa shape index (κ2) is 9.25. The summed E-state index contributed by atoms with van der Waals surface area (Å²) in [5.41, 5.74) is 0.632. The standard InChI is InChI=1S/C16H33NS/c1-4-5-7-15-8-11-16(12-9-15,14-17-2)10-6-13-18-3/h15,17H,4-14H2,1-3H3. The van der Waals surface area contributed by atoms with Crippen molar-refractivity contribution in [1.82, 2.24) is 5.32 Å². The van der Waals surface area contributed by atoms with E-state index in [1.165, 1.54) is 70.1 Å². The molecule has 0 aliphatic heterocycles. The van der Waals surface area contributed by atoms with Crippen molar-refractivity contribution in [2.24, 2.45) is 11.3 Å². The first kappa shape index (κ1) is 16.4. The van der Waals surface area contributed by atoms with Crippen LogP contribution in [0.1, 0.15) is 64.7 Å². The van der Waals surface area contributed by atoms with Gasteiger partial charge in [0.1, 0.15) is 0 Å². The monoisotopic (exact) mass is 271 g/mol. The molecule has 1 aliphatic carbocycles. The molecule has 2 heteroatoms. The predicted molar refractivity (Wildman–Crippen MR) is 85.5 cm³/mol. The molecule has 0 bridgehead atoms. The molecule has 1 saturated carbocycles. The van der Waals surface area contributed by atoms with Gasteiger partial charge >= 0.3 is 0 Å². The zero-order chi connectivity index (χ0) is 13.3. The topological polar surface area (TPSA) is 12.0 Å². The van der Waals surface area contributed by atoms with E-state index in [4.69, 9.17) is 0 Å². The molecule has 0 atom stereocenters. The highest BCUT2D eigenvalue weighted by Gasteiger charge is 2.33. The molecule has 0 radical (unpaired) electrons. The van der Waals surface area contributed by atoms with Crippen molar-refractivity contribution in [2.75, 3.05) is 25.6 Å². The lowest BCUT2D eigenvalue weighted by Crippen LogP contribution is -2.36. The Morgan fingerprint density at radius 3 is 2.50 bits per heavy atom. The lowest BCUT2D eigenvalue weighted by molar-refractivity contribution is 0.129. The van der Waals surface area contributed by atoms with Crippen LogP contribution < -0.4 is 5.32 Å². The fourth-order valence-electron chi connectivity index (χ4n) is 3.55. The largest absolute Gasteiger partial charge is 0.319 e. The van der Waals surface area contributed by atoms with Crippen LogP contribution in [0.5, 0.6) is 0 Å². The quantitative estimate of drug-likeness (QED) is 0.609. The van der Waals surface area contributed by atoms with Crippen LogP contribution in [-0.2, 0) is 0 Å². The number of unbranched alkanes of at least 4 members (excludes halogenated alkanes) is 1. The fourth-order valence-corrected chi connectivity index (χ4v) is 3.99. The molecular formula is C16H33NS. The fraction of sp³-hybridized carbons (Fsp3) is 1.00. The number of hydrogen-bond acceptors (Lipinski definition) is 2. The molecule has 0 aromatic rings. The summed E-state index contributed by atoms with van der Waals surface area (Å²) in [6.07, 6.45) is 15.3. The maximum absolute atomic E-state index is 3.46. The van der Waals surface area contributed by atoms with Gasteiger partial charge in [0.15, 0.2) is 0 Å². The van der Waals surface area contributed by atoms with Gasteiger partial charge in [-0.1, -0.05) is 26.2 Å². The van der Waals surface area contributed by atoms with Gasteiger partial charge in [0.05, 0.1) is 0 Å². The SMILES string of the molecule is CCCCC1CCC(CCCSC)(CNC)CC1. The van der Waals surface area contributed by atoms with Crippen molar-refractivity contribution in [1.29, 1.82) is 0 Å². The minimum Gasteiger partial charge on any atom is -0.319 e. The van der Waals surface area contributed by atoms with Crippen molar-refractivity contribution < 1.29 is 0 Å². The third-order valence-electron chi connectivity index (χ3n) is 4.74. The summed E-state index contributed by atoms with van der Waals surface area (Å²) in [6, 6.07) is 0. The maximum atomic E-state index is 3.46. The molecule has 1 aliphatic rings. The molecule has 1 fully saturated rings. The average Bonchev–Trinajstić information content (AvgIpc) is 2.39. The van der Waals surface area contributed by atoms with E-state index in [0.29, 0.717) is 5.41 Å². The Labute approximate surface area is 119 Å². The van der Waals surface area contributed by atoms with Crippen molar-refractivity contribution in [3.8, 4) is 0 Å². The van der Waals surface area contributed by atoms with E-state index in [2.05, 4.69) is 25.5 Å². The second-order valence-electron chi connectivity index (χ2n) is 6.21. The lowest BCUT2D eigenvalue weighted by Gasteiger charge is -2.40. The minimum atomic E-state index is 0.632. The van der Waals surface area contributed by atoms with Gasteiger partial charge in [-0.05, 0) is 68.9 Å². The van der Waals surface area contributed by atoms with Gasteiger partial charge in [0, 0.05) is 6.54 Å². The second-order valence-corrected chi connectivity index (χ2v) is 7.20. The minimum absolute atomic E-state index is 0.632. The third kappa shape index (κ3) is 5.52. The van der Waals surface area contributed by atoms with Crippen molar-refractivity contribution in [3.05, 3.63) is 0 Å². The first-order chi connectivity index (χ1) is 8.76. The van der Waals surface area contributed by atoms with Crippen LogP contribution in [0.4, 0.5) is 0 Å². The Kier molecular flexibility index (Phi) is 8.41. The third-order valence-corrected chi connectivity index (χ3v) is 5.44. The van der Waals surface area contributed by atoms with E-state index in [-0.39, 0.29) is 0 Å². The van der Waals surface area contributed by atoms with Gasteiger partial charge in [-0.3, -0.25) is 0 Å². The molecule has 18 heavy (non-hydrogen) atoms. The van der Waals surface area contributed by atoms with E-state index in [1.54, 1.807) is 0 Å². The molecule has 0 spiro atoms. The van der Waals surface area contributed by atoms with E-state index < -0.39 is 0 Å². The van der Waals surface area contributed by atoms with Gasteiger partial charge in [-0.15, -0.1) is 0 Å². The van der Waals surface area contributed by atoms with Gasteiger partial charge < -0.3 is 5.32 Å². The van der Waals surface area contributed by atoms with Crippen molar-refractivity contribution >= 4 is 11.8 Å². The Morgan fingerprint density at radius 2 is 1.94 bits per heavy atom. The molecule has 108 valence electrons. The Bertz CT molecular complexity index is 197. The van der Waals surface area contributed by atoms with Gasteiger partial charge in [-0.2, -0.15) is 11.8 Å². The number of rotatable bonds is 9. The van der Waals surface area contributed by atoms with E-state index in [9.17, 15) is 0 Å². The molecule has 1 rings (SSSR count). The van der Waals surface area contributed by atoms with Crippen LogP contribution in [0.15, 0.2) is 0 Å². The molecule has 0 unspecified atom stereocenters. The van der Waals surface area contributed by atoms with Gasteiger partial charge in [0.25, 0.3) is 0 Å². The van der Waals surface area contributed by atoms with Crippen molar-refractivity contribution in [2.45, 2.75) is 64.7 Å². The number of thioether (sulfide) groups is 1. The summed E-state index contributed by atoms with van der Waals surface area (Å²) in [5, 5.41) is 3.46. The normalized spacial score (nSPS) is 28.5. The number of hydrogen-bond donors (Lipinski definition) is 1. The van der Waals surface area contributed by atoms with Crippen molar-refractivity contribution in [3.63, 3.8) is 0 Å². The van der Waals surface area contributed by atoms with E-state index in [1.807, 2.05) is 11.8 Å². The van der Waals surface area contributed by atoms with E-state index in [0.717, 1.165) is 5.92 Å². The Morgan fingerprint density at radius 1 is 1.22 bits per heavy atom. The summed E-state index contributed by atoms with van der Waals surface area (Å²) < 4.78 is 0. The highest BCUT2D eigenvalue weighted by Crippen LogP contribution is 2.43. The molecule has 1 nitrogen and oxygen atoms in total. The zero-order valence-corrected chi connectivity index (χ0v) is 13.6. The average molecular weight is 272 g/mol. The first-order valence-corrected chi connectivity index (χ1v) is 9.29. The zero-order valence-electron chi connectivity index (χ0n) is 12.8. The molecule has 0 heterocycles. The predicted octanol–water partition coefficient (Wildman–Crippen LogP) is 4.72. The molecule has 0 aromatic carbocycles. The van der Waals surface area contributed by atoms with Crippen LogP contribution in [0.3, 0.4) is 0 Å². The summed E-state index contributed by atoms with van der Waals surface area (Å²) in [4.78, 5) is 0. The molecule has 0 amide bonds. The molecule has 0 aromatic heterocycles. The highest BCUT2D eigenvalue weighted by atomic mass is 32.2. The van der Waals surface area contributed by atoms with E-state index >= 15 is 0 Å². The smallest absolute Gasteiger partial charge is 0.000481 e. The molecular weight excluding hydrogens is 238 g/mol. The summed E-state index contributed by atoms with van der Waals surface area (Å²) >= 11 is 2.00. The molecule has 1 N–H and O–H groups in total. The summed E-state index contributed by atoms with van der Waals surface area (Å²) in [6.45, 7) is 3.55. The Hall–Kier alpha value is 0.310. The van der Waals surface area contributed by atoms with Crippen LogP contribution in [-0.4, -0.2) is 25.6 Å².